The Morgan fingerprint density at radius 1 is 1.10 bits per heavy atom. The third-order valence-corrected chi connectivity index (χ3v) is 5.14. The van der Waals surface area contributed by atoms with E-state index in [2.05, 4.69) is 15.6 Å². The second kappa shape index (κ2) is 5.71. The number of rotatable bonds is 3. The van der Waals surface area contributed by atoms with E-state index < -0.39 is 23.5 Å². The number of imide groups is 1. The fraction of sp³-hybridized carbons (Fsp3) is 0.158. The van der Waals surface area contributed by atoms with Crippen LogP contribution in [0.5, 0.6) is 5.75 Å². The van der Waals surface area contributed by atoms with Crippen LogP contribution in [0.25, 0.3) is 11.1 Å². The van der Waals surface area contributed by atoms with Crippen LogP contribution in [0.1, 0.15) is 21.7 Å². The molecule has 4 amide bonds. The summed E-state index contributed by atoms with van der Waals surface area (Å²) < 4.78 is 10.9. The molecule has 5 rings (SSSR count). The van der Waals surface area contributed by atoms with Gasteiger partial charge in [0.1, 0.15) is 5.75 Å². The number of carbonyl (C=O) groups excluding carboxylic acids is 3. The van der Waals surface area contributed by atoms with Crippen LogP contribution in [0.3, 0.4) is 0 Å². The van der Waals surface area contributed by atoms with Crippen LogP contribution in [0.15, 0.2) is 45.6 Å². The van der Waals surface area contributed by atoms with Crippen molar-refractivity contribution in [1.29, 1.82) is 0 Å². The smallest absolute Gasteiger partial charge is 0.324 e. The van der Waals surface area contributed by atoms with E-state index in [1.54, 1.807) is 18.2 Å². The predicted octanol–water partition coefficient (Wildman–Crippen LogP) is 0.778. The number of ether oxygens (including phenoxy) is 1. The summed E-state index contributed by atoms with van der Waals surface area (Å²) in [6.07, 6.45) is 0. The maximum Gasteiger partial charge on any atom is 0.324 e. The number of furan rings is 1. The minimum absolute atomic E-state index is 0.00539. The van der Waals surface area contributed by atoms with E-state index in [1.165, 1.54) is 30.2 Å². The van der Waals surface area contributed by atoms with Gasteiger partial charge in [-0.15, -0.1) is 0 Å². The van der Waals surface area contributed by atoms with Crippen molar-refractivity contribution >= 4 is 28.9 Å². The van der Waals surface area contributed by atoms with E-state index in [0.29, 0.717) is 28.0 Å². The van der Waals surface area contributed by atoms with Crippen molar-refractivity contribution in [2.24, 2.45) is 0 Å². The lowest BCUT2D eigenvalue weighted by atomic mass is 10.1. The van der Waals surface area contributed by atoms with E-state index in [-0.39, 0.29) is 17.9 Å². The quantitative estimate of drug-likeness (QED) is 0.562. The molecule has 3 aromatic rings. The molecule has 10 heteroatoms. The van der Waals surface area contributed by atoms with Crippen LogP contribution >= 0.6 is 0 Å². The van der Waals surface area contributed by atoms with E-state index in [4.69, 9.17) is 9.15 Å². The van der Waals surface area contributed by atoms with Gasteiger partial charge in [0, 0.05) is 17.7 Å². The maximum atomic E-state index is 13.2. The first-order chi connectivity index (χ1) is 13.9. The molecule has 0 aliphatic carbocycles. The molecule has 1 unspecified atom stereocenters. The number of benzene rings is 1. The highest BCUT2D eigenvalue weighted by Crippen LogP contribution is 2.39. The van der Waals surface area contributed by atoms with Gasteiger partial charge in [0.15, 0.2) is 11.3 Å². The Morgan fingerprint density at radius 2 is 1.93 bits per heavy atom. The highest BCUT2D eigenvalue weighted by Gasteiger charge is 2.58. The number of hydrogen-bond acceptors (Lipinski definition) is 6. The summed E-state index contributed by atoms with van der Waals surface area (Å²) in [5.41, 5.74) is -0.562. The minimum Gasteiger partial charge on any atom is -0.497 e. The molecular weight excluding hydrogens is 380 g/mol. The zero-order valence-corrected chi connectivity index (χ0v) is 15.1. The summed E-state index contributed by atoms with van der Waals surface area (Å²) in [6, 6.07) is 8.41. The van der Waals surface area contributed by atoms with Crippen molar-refractivity contribution in [2.45, 2.75) is 12.2 Å². The second-order valence-corrected chi connectivity index (χ2v) is 6.74. The van der Waals surface area contributed by atoms with Crippen molar-refractivity contribution < 1.29 is 23.5 Å². The van der Waals surface area contributed by atoms with E-state index in [0.717, 1.165) is 0 Å². The molecule has 3 N–H and O–H groups in total. The summed E-state index contributed by atoms with van der Waals surface area (Å²) in [5.74, 6) is -0.720. The molecule has 10 nitrogen and oxygen atoms in total. The van der Waals surface area contributed by atoms with Gasteiger partial charge in [-0.25, -0.2) is 4.79 Å². The summed E-state index contributed by atoms with van der Waals surface area (Å²) in [6.45, 7) is 0.0689. The number of amides is 4. The topological polar surface area (TPSA) is 134 Å². The molecule has 0 bridgehead atoms. The lowest BCUT2D eigenvalue weighted by Crippen LogP contribution is -2.57. The summed E-state index contributed by atoms with van der Waals surface area (Å²) in [7, 11) is 1.49. The first kappa shape index (κ1) is 17.0. The van der Waals surface area contributed by atoms with E-state index >= 15 is 0 Å². The zero-order chi connectivity index (χ0) is 20.3. The number of aromatic nitrogens is 1. The lowest BCUT2D eigenvalue weighted by Gasteiger charge is -2.33. The van der Waals surface area contributed by atoms with Crippen molar-refractivity contribution in [3.8, 4) is 5.75 Å². The Balaban J connectivity index is 1.68. The lowest BCUT2D eigenvalue weighted by molar-refractivity contribution is -0.131. The fourth-order valence-corrected chi connectivity index (χ4v) is 3.75. The molecule has 4 heterocycles. The highest BCUT2D eigenvalue weighted by molar-refractivity contribution is 6.11. The standard InChI is InChI=1S/C19H14N4O6/c1-28-10-3-2-9-8-23(16(25)11(9)6-10)19(17(26)21-18(27)22-19)14-7-12-13(29-14)4-5-15(24)20-12/h2-7H,8H2,1H3,(H,20,24)(H2,21,22,26,27). The van der Waals surface area contributed by atoms with Gasteiger partial charge in [-0.2, -0.15) is 0 Å². The number of nitrogens with zero attached hydrogens (tertiary/aromatic N) is 1. The monoisotopic (exact) mass is 394 g/mol. The minimum atomic E-state index is -1.89. The van der Waals surface area contributed by atoms with Crippen molar-refractivity contribution in [3.63, 3.8) is 0 Å². The normalized spacial score (nSPS) is 20.7. The molecule has 0 spiro atoms. The zero-order valence-electron chi connectivity index (χ0n) is 15.1. The van der Waals surface area contributed by atoms with Crippen LogP contribution in [0, 0.1) is 0 Å². The molecule has 1 aromatic carbocycles. The number of hydrogen-bond donors (Lipinski definition) is 3. The van der Waals surface area contributed by atoms with Gasteiger partial charge >= 0.3 is 6.03 Å². The predicted molar refractivity (Wildman–Crippen MR) is 98.1 cm³/mol. The van der Waals surface area contributed by atoms with Crippen molar-refractivity contribution in [2.75, 3.05) is 7.11 Å². The molecule has 1 fully saturated rings. The number of methoxy groups -OCH3 is 1. The van der Waals surface area contributed by atoms with Gasteiger partial charge < -0.3 is 19.5 Å². The van der Waals surface area contributed by atoms with Crippen LogP contribution in [-0.2, 0) is 17.0 Å². The average Bonchev–Trinajstić information content (AvgIpc) is 3.35. The Morgan fingerprint density at radius 3 is 2.66 bits per heavy atom. The summed E-state index contributed by atoms with van der Waals surface area (Å²) >= 11 is 0. The molecule has 0 saturated carbocycles. The van der Waals surface area contributed by atoms with Gasteiger partial charge in [0.25, 0.3) is 17.5 Å². The Labute approximate surface area is 162 Å². The molecule has 146 valence electrons. The molecule has 1 atom stereocenters. The molecule has 1 saturated heterocycles. The van der Waals surface area contributed by atoms with Crippen LogP contribution in [-0.4, -0.2) is 34.8 Å². The van der Waals surface area contributed by atoms with Gasteiger partial charge in [0.2, 0.25) is 5.56 Å². The third kappa shape index (κ3) is 2.29. The Bertz CT molecular complexity index is 1280. The number of urea groups is 1. The average molecular weight is 394 g/mol. The van der Waals surface area contributed by atoms with Crippen molar-refractivity contribution in [3.05, 3.63) is 63.6 Å². The van der Waals surface area contributed by atoms with Gasteiger partial charge in [-0.1, -0.05) is 6.07 Å². The maximum absolute atomic E-state index is 13.2. The largest absolute Gasteiger partial charge is 0.497 e. The Hall–Kier alpha value is -4.08. The van der Waals surface area contributed by atoms with Crippen molar-refractivity contribution in [1.82, 2.24) is 20.5 Å². The van der Waals surface area contributed by atoms with Crippen LogP contribution < -0.4 is 20.9 Å². The van der Waals surface area contributed by atoms with Gasteiger partial charge in [-0.05, 0) is 23.8 Å². The number of nitrogens with one attached hydrogen (secondary N) is 3. The van der Waals surface area contributed by atoms with Gasteiger partial charge in [-0.3, -0.25) is 24.6 Å². The Kier molecular flexibility index (Phi) is 3.36. The number of H-pyrrole nitrogens is 1. The second-order valence-electron chi connectivity index (χ2n) is 6.74. The highest BCUT2D eigenvalue weighted by atomic mass is 16.5. The van der Waals surface area contributed by atoms with Crippen LogP contribution in [0.4, 0.5) is 4.79 Å². The fourth-order valence-electron chi connectivity index (χ4n) is 3.75. The molecule has 2 aliphatic heterocycles. The first-order valence-corrected chi connectivity index (χ1v) is 8.68. The summed E-state index contributed by atoms with van der Waals surface area (Å²) in [5, 5.41) is 4.70. The SMILES string of the molecule is COc1ccc2c(c1)C(=O)N(C1(c3cc4[nH]c(=O)ccc4o3)NC(=O)NC1=O)C2. The molecule has 29 heavy (non-hydrogen) atoms. The molecular formula is C19H14N4O6. The van der Waals surface area contributed by atoms with Gasteiger partial charge in [0.05, 0.1) is 19.2 Å². The summed E-state index contributed by atoms with van der Waals surface area (Å²) in [4.78, 5) is 53.6. The van der Waals surface area contributed by atoms with Crippen LogP contribution in [0.2, 0.25) is 0 Å². The number of carbonyl (C=O) groups is 3. The number of pyridine rings is 1. The molecule has 2 aromatic heterocycles. The molecule has 2 aliphatic rings. The number of aromatic amines is 1. The van der Waals surface area contributed by atoms with E-state index in [9.17, 15) is 19.2 Å². The number of fused-ring (bicyclic) bond motifs is 2. The third-order valence-electron chi connectivity index (χ3n) is 5.14. The first-order valence-electron chi connectivity index (χ1n) is 8.68. The molecule has 0 radical (unpaired) electrons. The van der Waals surface area contributed by atoms with E-state index in [1.807, 2.05) is 0 Å².